The molecule has 2 aromatic rings. The largest absolute Gasteiger partial charge is 0.357 e. The van der Waals surface area contributed by atoms with Gasteiger partial charge in [0.25, 0.3) is 0 Å². The summed E-state index contributed by atoms with van der Waals surface area (Å²) in [6.45, 7) is 7.15. The van der Waals surface area contributed by atoms with Crippen LogP contribution in [0.4, 0.5) is 5.69 Å². The first kappa shape index (κ1) is 18.4. The normalized spacial score (nSPS) is 15.7. The van der Waals surface area contributed by atoms with Gasteiger partial charge in [-0.15, -0.1) is 11.3 Å². The zero-order chi connectivity index (χ0) is 18.5. The van der Waals surface area contributed by atoms with E-state index in [9.17, 15) is 4.79 Å². The van der Waals surface area contributed by atoms with Gasteiger partial charge in [-0.25, -0.2) is 4.98 Å². The first-order valence-electron chi connectivity index (χ1n) is 8.80. The van der Waals surface area contributed by atoms with Crippen LogP contribution in [0, 0.1) is 6.92 Å². The van der Waals surface area contributed by atoms with E-state index in [-0.39, 0.29) is 5.91 Å². The summed E-state index contributed by atoms with van der Waals surface area (Å²) < 4.78 is 1.71. The number of hydrogen-bond donors (Lipinski definition) is 1. The third-order valence-electron chi connectivity index (χ3n) is 4.15. The van der Waals surface area contributed by atoms with Gasteiger partial charge in [0.1, 0.15) is 6.54 Å². The number of anilines is 1. The van der Waals surface area contributed by atoms with E-state index >= 15 is 0 Å². The summed E-state index contributed by atoms with van der Waals surface area (Å²) in [6, 6.07) is 0. The van der Waals surface area contributed by atoms with E-state index in [1.54, 1.807) is 27.1 Å². The molecular formula is C17H25N7OS. The molecule has 0 spiro atoms. The molecule has 1 saturated heterocycles. The van der Waals surface area contributed by atoms with Crippen LogP contribution in [-0.4, -0.2) is 64.3 Å². The van der Waals surface area contributed by atoms with Gasteiger partial charge >= 0.3 is 0 Å². The molecule has 0 aromatic carbocycles. The summed E-state index contributed by atoms with van der Waals surface area (Å²) in [5.41, 5.74) is 1.92. The van der Waals surface area contributed by atoms with Crippen LogP contribution in [0.1, 0.15) is 17.6 Å². The molecule has 0 bridgehead atoms. The molecule has 1 fully saturated rings. The minimum Gasteiger partial charge on any atom is -0.357 e. The Morgan fingerprint density at radius 1 is 1.42 bits per heavy atom. The highest BCUT2D eigenvalue weighted by Gasteiger charge is 2.27. The van der Waals surface area contributed by atoms with E-state index in [4.69, 9.17) is 0 Å². The molecule has 26 heavy (non-hydrogen) atoms. The Morgan fingerprint density at radius 3 is 2.88 bits per heavy atom. The summed E-state index contributed by atoms with van der Waals surface area (Å²) in [5, 5.41) is 10.6. The van der Waals surface area contributed by atoms with E-state index in [1.165, 1.54) is 0 Å². The molecule has 0 aliphatic carbocycles. The first-order chi connectivity index (χ1) is 12.6. The molecular weight excluding hydrogens is 350 g/mol. The number of aryl methyl sites for hydroxylation is 2. The van der Waals surface area contributed by atoms with Crippen LogP contribution < -0.4 is 10.2 Å². The van der Waals surface area contributed by atoms with Crippen LogP contribution in [-0.2, 0) is 18.3 Å². The second kappa shape index (κ2) is 8.31. The molecule has 3 rings (SSSR count). The van der Waals surface area contributed by atoms with Gasteiger partial charge < -0.3 is 15.1 Å². The number of rotatable bonds is 5. The van der Waals surface area contributed by atoms with Crippen LogP contribution in [0.15, 0.2) is 22.8 Å². The molecule has 0 atom stereocenters. The third kappa shape index (κ3) is 4.40. The van der Waals surface area contributed by atoms with Gasteiger partial charge in [0.2, 0.25) is 5.91 Å². The van der Waals surface area contributed by atoms with Gasteiger partial charge in [-0.3, -0.25) is 14.5 Å². The Bertz CT molecular complexity index is 782. The minimum absolute atomic E-state index is 0.0602. The van der Waals surface area contributed by atoms with Crippen molar-refractivity contribution in [1.82, 2.24) is 25.0 Å². The van der Waals surface area contributed by atoms with Crippen molar-refractivity contribution >= 4 is 28.9 Å². The molecule has 0 saturated carbocycles. The van der Waals surface area contributed by atoms with Gasteiger partial charge in [0.05, 0.1) is 22.6 Å². The van der Waals surface area contributed by atoms with E-state index in [0.29, 0.717) is 19.6 Å². The Kier molecular flexibility index (Phi) is 5.87. The molecule has 9 heteroatoms. The molecule has 3 heterocycles. The predicted molar refractivity (Wildman–Crippen MR) is 104 cm³/mol. The average Bonchev–Trinajstić information content (AvgIpc) is 3.22. The number of guanidine groups is 1. The van der Waals surface area contributed by atoms with Crippen LogP contribution in [0.5, 0.6) is 0 Å². The number of carbonyl (C=O) groups excluding carboxylic acids is 1. The smallest absolute Gasteiger partial charge is 0.246 e. The molecule has 1 N–H and O–H groups in total. The molecule has 2 aromatic heterocycles. The Hall–Kier alpha value is -2.42. The topological polar surface area (TPSA) is 78.7 Å². The summed E-state index contributed by atoms with van der Waals surface area (Å²) >= 11 is 1.66. The summed E-state index contributed by atoms with van der Waals surface area (Å²) in [5.74, 6) is 0.851. The predicted octanol–water partition coefficient (Wildman–Crippen LogP) is 1.04. The van der Waals surface area contributed by atoms with Gasteiger partial charge in [-0.2, -0.15) is 5.10 Å². The number of nitrogens with one attached hydrogen (secondary N) is 1. The van der Waals surface area contributed by atoms with Crippen molar-refractivity contribution in [2.24, 2.45) is 12.0 Å². The highest BCUT2D eigenvalue weighted by molar-refractivity contribution is 7.09. The zero-order valence-corrected chi connectivity index (χ0v) is 16.3. The number of thiazole rings is 1. The van der Waals surface area contributed by atoms with Crippen molar-refractivity contribution in [2.45, 2.75) is 20.3 Å². The van der Waals surface area contributed by atoms with Crippen molar-refractivity contribution in [2.75, 3.05) is 37.6 Å². The highest BCUT2D eigenvalue weighted by atomic mass is 32.1. The maximum Gasteiger partial charge on any atom is 0.246 e. The van der Waals surface area contributed by atoms with Gasteiger partial charge in [-0.05, 0) is 13.8 Å². The first-order valence-corrected chi connectivity index (χ1v) is 9.68. The highest BCUT2D eigenvalue weighted by Crippen LogP contribution is 2.16. The number of aromatic nitrogens is 3. The summed E-state index contributed by atoms with van der Waals surface area (Å²) in [7, 11) is 1.85. The Balaban J connectivity index is 1.61. The van der Waals surface area contributed by atoms with Crippen LogP contribution in [0.2, 0.25) is 0 Å². The van der Waals surface area contributed by atoms with Crippen molar-refractivity contribution in [3.63, 3.8) is 0 Å². The number of nitrogens with zero attached hydrogens (tertiary/aromatic N) is 6. The lowest BCUT2D eigenvalue weighted by molar-refractivity contribution is -0.120. The molecule has 0 unspecified atom stereocenters. The van der Waals surface area contributed by atoms with E-state index < -0.39 is 0 Å². The SMILES string of the molecule is CCNC(=NCCc1csc(C)n1)N1CCN(c2cnn(C)c2)C(=O)C1. The maximum absolute atomic E-state index is 12.6. The van der Waals surface area contributed by atoms with Crippen molar-refractivity contribution in [3.8, 4) is 0 Å². The molecule has 1 aliphatic heterocycles. The minimum atomic E-state index is 0.0602. The lowest BCUT2D eigenvalue weighted by atomic mass is 10.3. The van der Waals surface area contributed by atoms with E-state index in [2.05, 4.69) is 25.8 Å². The Labute approximate surface area is 157 Å². The van der Waals surface area contributed by atoms with Crippen molar-refractivity contribution in [3.05, 3.63) is 28.5 Å². The zero-order valence-electron chi connectivity index (χ0n) is 15.5. The number of hydrogen-bond acceptors (Lipinski definition) is 5. The quantitative estimate of drug-likeness (QED) is 0.624. The number of piperazine rings is 1. The lowest BCUT2D eigenvalue weighted by Gasteiger charge is -2.35. The fourth-order valence-electron chi connectivity index (χ4n) is 2.90. The van der Waals surface area contributed by atoms with Crippen molar-refractivity contribution < 1.29 is 4.79 Å². The number of amides is 1. The second-order valence-electron chi connectivity index (χ2n) is 6.18. The van der Waals surface area contributed by atoms with Gasteiger partial charge in [0.15, 0.2) is 5.96 Å². The van der Waals surface area contributed by atoms with Crippen LogP contribution >= 0.6 is 11.3 Å². The monoisotopic (exact) mass is 375 g/mol. The number of aliphatic imine (C=N–C) groups is 1. The van der Waals surface area contributed by atoms with Crippen LogP contribution in [0.3, 0.4) is 0 Å². The van der Waals surface area contributed by atoms with Crippen molar-refractivity contribution in [1.29, 1.82) is 0 Å². The molecule has 8 nitrogen and oxygen atoms in total. The van der Waals surface area contributed by atoms with E-state index in [1.807, 2.05) is 32.0 Å². The standard InChI is InChI=1S/C17H25N7OS/c1-4-18-17(19-6-5-14-12-26-13(2)21-14)23-7-8-24(16(25)11-23)15-9-20-22(3)10-15/h9-10,12H,4-8,11H2,1-3H3,(H,18,19). The summed E-state index contributed by atoms with van der Waals surface area (Å²) in [6.07, 6.45) is 4.40. The third-order valence-corrected chi connectivity index (χ3v) is 4.98. The maximum atomic E-state index is 12.6. The average molecular weight is 376 g/mol. The molecule has 140 valence electrons. The van der Waals surface area contributed by atoms with Gasteiger partial charge in [-0.1, -0.05) is 0 Å². The van der Waals surface area contributed by atoms with Crippen LogP contribution in [0.25, 0.3) is 0 Å². The lowest BCUT2D eigenvalue weighted by Crippen LogP contribution is -2.55. The second-order valence-corrected chi connectivity index (χ2v) is 7.24. The fraction of sp³-hybridized carbons (Fsp3) is 0.529. The molecule has 1 amide bonds. The van der Waals surface area contributed by atoms with E-state index in [0.717, 1.165) is 41.9 Å². The van der Waals surface area contributed by atoms with Gasteiger partial charge in [0, 0.05) is 51.2 Å². The summed E-state index contributed by atoms with van der Waals surface area (Å²) in [4.78, 5) is 25.5. The number of carbonyl (C=O) groups is 1. The Morgan fingerprint density at radius 2 is 2.27 bits per heavy atom. The fourth-order valence-corrected chi connectivity index (χ4v) is 3.55. The molecule has 0 radical (unpaired) electrons. The molecule has 1 aliphatic rings.